The molecule has 1 saturated carbocycles. The molecule has 4 aliphatic rings. The first-order valence-electron chi connectivity index (χ1n) is 9.54. The van der Waals surface area contributed by atoms with Gasteiger partial charge in [0, 0.05) is 24.8 Å². The van der Waals surface area contributed by atoms with Crippen molar-refractivity contribution in [3.05, 3.63) is 0 Å². The number of hydrogen-bond donors (Lipinski definition) is 2. The van der Waals surface area contributed by atoms with Gasteiger partial charge in [-0.1, -0.05) is 0 Å². The lowest BCUT2D eigenvalue weighted by atomic mass is 9.92. The van der Waals surface area contributed by atoms with Gasteiger partial charge in [-0.25, -0.2) is 5.43 Å². The first kappa shape index (κ1) is 18.0. The van der Waals surface area contributed by atoms with E-state index in [4.69, 9.17) is 14.2 Å². The summed E-state index contributed by atoms with van der Waals surface area (Å²) in [5, 5.41) is 0.561. The highest BCUT2D eigenvalue weighted by atomic mass is 32.2. The Morgan fingerprint density at radius 2 is 2.12 bits per heavy atom. The minimum absolute atomic E-state index is 0.0830. The molecule has 5 atom stereocenters. The molecule has 8 heteroatoms. The van der Waals surface area contributed by atoms with Gasteiger partial charge in [0.05, 0.1) is 24.5 Å². The van der Waals surface area contributed by atoms with Gasteiger partial charge in [-0.2, -0.15) is 11.8 Å². The van der Waals surface area contributed by atoms with E-state index in [-0.39, 0.29) is 37.0 Å². The van der Waals surface area contributed by atoms with Crippen molar-refractivity contribution >= 4 is 17.7 Å². The molecule has 0 aromatic rings. The van der Waals surface area contributed by atoms with Crippen molar-refractivity contribution in [2.75, 3.05) is 32.2 Å². The number of thioether (sulfide) groups is 1. The van der Waals surface area contributed by atoms with Gasteiger partial charge >= 0.3 is 0 Å². The molecule has 3 heterocycles. The van der Waals surface area contributed by atoms with Crippen molar-refractivity contribution in [3.63, 3.8) is 0 Å². The molecule has 0 aromatic carbocycles. The SMILES string of the molecule is O=C(COC1CCC2OCOC2C1)N(CC1CCCS1)C1CCNN1. The van der Waals surface area contributed by atoms with E-state index in [1.807, 2.05) is 16.7 Å². The van der Waals surface area contributed by atoms with Crippen LogP contribution >= 0.6 is 11.8 Å². The molecule has 1 aliphatic carbocycles. The molecule has 0 radical (unpaired) electrons. The molecule has 0 spiro atoms. The quantitative estimate of drug-likeness (QED) is 0.717. The van der Waals surface area contributed by atoms with Crippen LogP contribution in [0.1, 0.15) is 38.5 Å². The number of fused-ring (bicyclic) bond motifs is 1. The number of amides is 1. The second-order valence-corrected chi connectivity index (χ2v) is 8.74. The fourth-order valence-corrected chi connectivity index (χ4v) is 5.45. The summed E-state index contributed by atoms with van der Waals surface area (Å²) in [6.45, 7) is 2.28. The molecule has 2 N–H and O–H groups in total. The molecule has 142 valence electrons. The molecule has 7 nitrogen and oxygen atoms in total. The Labute approximate surface area is 153 Å². The lowest BCUT2D eigenvalue weighted by Gasteiger charge is -2.33. The largest absolute Gasteiger partial charge is 0.368 e. The number of rotatable bonds is 6. The minimum Gasteiger partial charge on any atom is -0.368 e. The van der Waals surface area contributed by atoms with Crippen LogP contribution in [-0.4, -0.2) is 72.8 Å². The van der Waals surface area contributed by atoms with Crippen LogP contribution in [0.5, 0.6) is 0 Å². The van der Waals surface area contributed by atoms with Crippen molar-refractivity contribution < 1.29 is 19.0 Å². The number of hydrazine groups is 1. The molecule has 5 unspecified atom stereocenters. The van der Waals surface area contributed by atoms with Gasteiger partial charge in [0.2, 0.25) is 5.91 Å². The third kappa shape index (κ3) is 4.48. The van der Waals surface area contributed by atoms with Crippen LogP contribution in [0.3, 0.4) is 0 Å². The summed E-state index contributed by atoms with van der Waals surface area (Å²) in [5.41, 5.74) is 6.37. The predicted octanol–water partition coefficient (Wildman–Crippen LogP) is 0.845. The smallest absolute Gasteiger partial charge is 0.249 e. The van der Waals surface area contributed by atoms with Crippen molar-refractivity contribution in [2.24, 2.45) is 0 Å². The summed E-state index contributed by atoms with van der Waals surface area (Å²) in [6, 6.07) is 0. The predicted molar refractivity (Wildman–Crippen MR) is 94.9 cm³/mol. The molecule has 25 heavy (non-hydrogen) atoms. The Hall–Kier alpha value is -0.380. The summed E-state index contributed by atoms with van der Waals surface area (Å²) in [5.74, 6) is 1.31. The Kier molecular flexibility index (Phi) is 6.15. The standard InChI is InChI=1S/C17H29N3O4S/c21-17(10-22-12-3-4-14-15(8-12)24-11-23-14)20(16-5-6-18-19-16)9-13-2-1-7-25-13/h12-16,18-19H,1-11H2. The van der Waals surface area contributed by atoms with E-state index in [1.54, 1.807) is 0 Å². The summed E-state index contributed by atoms with van der Waals surface area (Å²) in [7, 11) is 0. The van der Waals surface area contributed by atoms with Gasteiger partial charge in [0.1, 0.15) is 13.4 Å². The molecule has 4 rings (SSSR count). The average Bonchev–Trinajstić information content (AvgIpc) is 3.39. The van der Waals surface area contributed by atoms with Gasteiger partial charge in [0.25, 0.3) is 0 Å². The van der Waals surface area contributed by atoms with Crippen LogP contribution in [0.4, 0.5) is 0 Å². The maximum atomic E-state index is 12.9. The summed E-state index contributed by atoms with van der Waals surface area (Å²) >= 11 is 1.99. The van der Waals surface area contributed by atoms with Gasteiger partial charge in [0.15, 0.2) is 0 Å². The summed E-state index contributed by atoms with van der Waals surface area (Å²) in [6.07, 6.45) is 6.69. The molecule has 3 aliphatic heterocycles. The maximum absolute atomic E-state index is 12.9. The van der Waals surface area contributed by atoms with E-state index >= 15 is 0 Å². The Morgan fingerprint density at radius 3 is 2.92 bits per heavy atom. The number of carbonyl (C=O) groups is 1. The van der Waals surface area contributed by atoms with E-state index in [0.29, 0.717) is 12.0 Å². The summed E-state index contributed by atoms with van der Waals surface area (Å²) in [4.78, 5) is 14.8. The number of hydrogen-bond acceptors (Lipinski definition) is 7. The topological polar surface area (TPSA) is 72.1 Å². The van der Waals surface area contributed by atoms with Crippen molar-refractivity contribution in [3.8, 4) is 0 Å². The van der Waals surface area contributed by atoms with Crippen LogP contribution in [0, 0.1) is 0 Å². The van der Waals surface area contributed by atoms with Gasteiger partial charge in [-0.3, -0.25) is 10.2 Å². The van der Waals surface area contributed by atoms with E-state index in [2.05, 4.69) is 10.9 Å². The second-order valence-electron chi connectivity index (χ2n) is 7.33. The molecule has 1 amide bonds. The van der Waals surface area contributed by atoms with Crippen LogP contribution in [0.15, 0.2) is 0 Å². The van der Waals surface area contributed by atoms with Crippen LogP contribution in [0.2, 0.25) is 0 Å². The number of ether oxygens (including phenoxy) is 3. The van der Waals surface area contributed by atoms with Crippen molar-refractivity contribution in [1.82, 2.24) is 15.8 Å². The molecule has 0 aromatic heterocycles. The van der Waals surface area contributed by atoms with E-state index in [0.717, 1.165) is 38.8 Å². The molecular weight excluding hydrogens is 342 g/mol. The van der Waals surface area contributed by atoms with Crippen molar-refractivity contribution in [1.29, 1.82) is 0 Å². The third-order valence-electron chi connectivity index (χ3n) is 5.62. The number of nitrogens with one attached hydrogen (secondary N) is 2. The molecule has 4 fully saturated rings. The fraction of sp³-hybridized carbons (Fsp3) is 0.941. The lowest BCUT2D eigenvalue weighted by molar-refractivity contribution is -0.142. The normalized spacial score (nSPS) is 38.0. The zero-order valence-electron chi connectivity index (χ0n) is 14.7. The van der Waals surface area contributed by atoms with Crippen LogP contribution in [0.25, 0.3) is 0 Å². The number of carbonyl (C=O) groups excluding carboxylic acids is 1. The fourth-order valence-electron chi connectivity index (χ4n) is 4.18. The Balaban J connectivity index is 1.28. The minimum atomic E-state index is 0.0830. The van der Waals surface area contributed by atoms with Gasteiger partial charge < -0.3 is 19.1 Å². The van der Waals surface area contributed by atoms with E-state index in [9.17, 15) is 4.79 Å². The highest BCUT2D eigenvalue weighted by molar-refractivity contribution is 8.00. The molecule has 3 saturated heterocycles. The first-order valence-corrected chi connectivity index (χ1v) is 10.6. The van der Waals surface area contributed by atoms with Crippen LogP contribution in [-0.2, 0) is 19.0 Å². The number of nitrogens with zero attached hydrogens (tertiary/aromatic N) is 1. The first-order chi connectivity index (χ1) is 12.3. The highest BCUT2D eigenvalue weighted by Gasteiger charge is 2.37. The van der Waals surface area contributed by atoms with E-state index < -0.39 is 0 Å². The zero-order chi connectivity index (χ0) is 17.1. The lowest BCUT2D eigenvalue weighted by Crippen LogP contribution is -2.51. The van der Waals surface area contributed by atoms with Gasteiger partial charge in [-0.15, -0.1) is 0 Å². The summed E-state index contributed by atoms with van der Waals surface area (Å²) < 4.78 is 17.1. The second kappa shape index (κ2) is 8.54. The average molecular weight is 372 g/mol. The maximum Gasteiger partial charge on any atom is 0.249 e. The monoisotopic (exact) mass is 371 g/mol. The Morgan fingerprint density at radius 1 is 1.20 bits per heavy atom. The van der Waals surface area contributed by atoms with Crippen molar-refractivity contribution in [2.45, 2.75) is 68.3 Å². The van der Waals surface area contributed by atoms with Gasteiger partial charge in [-0.05, 0) is 37.9 Å². The van der Waals surface area contributed by atoms with E-state index in [1.165, 1.54) is 18.6 Å². The highest BCUT2D eigenvalue weighted by Crippen LogP contribution is 2.30. The molecular formula is C17H29N3O4S. The third-order valence-corrected chi connectivity index (χ3v) is 7.00. The Bertz CT molecular complexity index is 457. The van der Waals surface area contributed by atoms with Crippen LogP contribution < -0.4 is 10.9 Å². The molecule has 0 bridgehead atoms. The zero-order valence-corrected chi connectivity index (χ0v) is 15.5.